The maximum absolute atomic E-state index is 5.87. The van der Waals surface area contributed by atoms with Gasteiger partial charge in [-0.2, -0.15) is 0 Å². The molecule has 5 nitrogen and oxygen atoms in total. The molecular weight excluding hydrogens is 322 g/mol. The van der Waals surface area contributed by atoms with E-state index in [9.17, 15) is 0 Å². The predicted molar refractivity (Wildman–Crippen MR) is 94.9 cm³/mol. The van der Waals surface area contributed by atoms with Gasteiger partial charge in [-0.15, -0.1) is 11.3 Å². The standard InChI is InChI=1S/C18H23N3O2S/c1-12-19-16(21-8-6-18(7-9-21)22-10-11-23-18)15-13-4-2-3-5-14(13)24-17(15)20-12/h2-11H2,1H3. The molecule has 0 saturated carbocycles. The van der Waals surface area contributed by atoms with Crippen LogP contribution in [0.2, 0.25) is 0 Å². The van der Waals surface area contributed by atoms with E-state index >= 15 is 0 Å². The number of anilines is 1. The molecule has 0 N–H and O–H groups in total. The Balaban J connectivity index is 1.53. The van der Waals surface area contributed by atoms with Crippen molar-refractivity contribution in [3.63, 3.8) is 0 Å². The molecule has 3 aliphatic rings. The molecule has 2 aliphatic heterocycles. The smallest absolute Gasteiger partial charge is 0.171 e. The Kier molecular flexibility index (Phi) is 3.54. The molecule has 2 fully saturated rings. The normalized spacial score (nSPS) is 23.1. The number of nitrogens with zero attached hydrogens (tertiary/aromatic N) is 3. The van der Waals surface area contributed by atoms with Crippen LogP contribution >= 0.6 is 11.3 Å². The molecule has 0 unspecified atom stereocenters. The summed E-state index contributed by atoms with van der Waals surface area (Å²) in [7, 11) is 0. The third-order valence-electron chi connectivity index (χ3n) is 5.55. The summed E-state index contributed by atoms with van der Waals surface area (Å²) < 4.78 is 11.7. The van der Waals surface area contributed by atoms with Gasteiger partial charge in [0.2, 0.25) is 0 Å². The second kappa shape index (κ2) is 5.64. The van der Waals surface area contributed by atoms with Crippen molar-refractivity contribution in [2.75, 3.05) is 31.2 Å². The third kappa shape index (κ3) is 2.35. The van der Waals surface area contributed by atoms with Gasteiger partial charge >= 0.3 is 0 Å². The van der Waals surface area contributed by atoms with Gasteiger partial charge in [-0.05, 0) is 38.2 Å². The molecule has 2 aromatic rings. The van der Waals surface area contributed by atoms with Gasteiger partial charge in [-0.3, -0.25) is 0 Å². The number of hydrogen-bond acceptors (Lipinski definition) is 6. The summed E-state index contributed by atoms with van der Waals surface area (Å²) >= 11 is 1.88. The van der Waals surface area contributed by atoms with Crippen molar-refractivity contribution in [1.29, 1.82) is 0 Å². The SMILES string of the molecule is Cc1nc(N2CCC3(CC2)OCCO3)c2c3c(sc2n1)CCCC3. The third-order valence-corrected chi connectivity index (χ3v) is 6.73. The van der Waals surface area contributed by atoms with Crippen molar-refractivity contribution in [2.24, 2.45) is 0 Å². The van der Waals surface area contributed by atoms with Gasteiger partial charge in [0.05, 0.1) is 18.6 Å². The molecule has 24 heavy (non-hydrogen) atoms. The van der Waals surface area contributed by atoms with E-state index in [1.54, 1.807) is 0 Å². The minimum absolute atomic E-state index is 0.328. The van der Waals surface area contributed by atoms with E-state index in [0.717, 1.165) is 50.8 Å². The number of ether oxygens (including phenoxy) is 2. The first kappa shape index (κ1) is 15.0. The van der Waals surface area contributed by atoms with Gasteiger partial charge in [0.25, 0.3) is 0 Å². The molecule has 0 radical (unpaired) electrons. The molecule has 0 bridgehead atoms. The van der Waals surface area contributed by atoms with Crippen molar-refractivity contribution >= 4 is 27.4 Å². The molecule has 128 valence electrons. The van der Waals surface area contributed by atoms with Crippen LogP contribution in [0.5, 0.6) is 0 Å². The molecule has 0 amide bonds. The van der Waals surface area contributed by atoms with Gasteiger partial charge in [0.1, 0.15) is 16.5 Å². The molecule has 1 aliphatic carbocycles. The summed E-state index contributed by atoms with van der Waals surface area (Å²) in [5, 5.41) is 1.32. The summed E-state index contributed by atoms with van der Waals surface area (Å²) in [4.78, 5) is 14.7. The van der Waals surface area contributed by atoms with Crippen LogP contribution < -0.4 is 4.90 Å². The van der Waals surface area contributed by atoms with Gasteiger partial charge in [-0.1, -0.05) is 0 Å². The van der Waals surface area contributed by atoms with Crippen LogP contribution in [0, 0.1) is 6.92 Å². The number of rotatable bonds is 1. The largest absolute Gasteiger partial charge is 0.356 e. The number of piperidine rings is 1. The van der Waals surface area contributed by atoms with Gasteiger partial charge in [0, 0.05) is 30.8 Å². The Hall–Kier alpha value is -1.24. The van der Waals surface area contributed by atoms with E-state index in [4.69, 9.17) is 19.4 Å². The number of fused-ring (bicyclic) bond motifs is 3. The Labute approximate surface area is 146 Å². The van der Waals surface area contributed by atoms with Gasteiger partial charge in [0.15, 0.2) is 5.79 Å². The number of aryl methyl sites for hydroxylation is 3. The lowest BCUT2D eigenvalue weighted by molar-refractivity contribution is -0.169. The highest BCUT2D eigenvalue weighted by Gasteiger charge is 2.40. The summed E-state index contributed by atoms with van der Waals surface area (Å²) in [6.07, 6.45) is 6.82. The van der Waals surface area contributed by atoms with Crippen LogP contribution in [-0.2, 0) is 22.3 Å². The zero-order chi connectivity index (χ0) is 16.1. The first-order chi connectivity index (χ1) is 11.7. The van der Waals surface area contributed by atoms with Crippen LogP contribution in [0.15, 0.2) is 0 Å². The zero-order valence-electron chi connectivity index (χ0n) is 14.1. The summed E-state index contributed by atoms with van der Waals surface area (Å²) in [5.74, 6) is 1.70. The molecule has 0 atom stereocenters. The van der Waals surface area contributed by atoms with E-state index in [0.29, 0.717) is 0 Å². The van der Waals surface area contributed by atoms with Crippen molar-refractivity contribution < 1.29 is 9.47 Å². The maximum atomic E-state index is 5.87. The Morgan fingerprint density at radius 2 is 1.79 bits per heavy atom. The lowest BCUT2D eigenvalue weighted by atomic mass is 9.96. The van der Waals surface area contributed by atoms with Crippen molar-refractivity contribution in [3.8, 4) is 0 Å². The molecule has 6 heteroatoms. The first-order valence-electron chi connectivity index (χ1n) is 9.06. The molecule has 0 aromatic carbocycles. The minimum atomic E-state index is -0.328. The first-order valence-corrected chi connectivity index (χ1v) is 9.88. The Morgan fingerprint density at radius 3 is 2.58 bits per heavy atom. The molecular formula is C18H23N3O2S. The van der Waals surface area contributed by atoms with E-state index in [-0.39, 0.29) is 5.79 Å². The molecule has 2 aromatic heterocycles. The molecule has 2 saturated heterocycles. The molecule has 5 rings (SSSR count). The fraction of sp³-hybridized carbons (Fsp3) is 0.667. The van der Waals surface area contributed by atoms with Crippen LogP contribution in [0.3, 0.4) is 0 Å². The van der Waals surface area contributed by atoms with Crippen LogP contribution in [0.4, 0.5) is 5.82 Å². The fourth-order valence-electron chi connectivity index (χ4n) is 4.32. The average molecular weight is 345 g/mol. The number of hydrogen-bond donors (Lipinski definition) is 0. The highest BCUT2D eigenvalue weighted by molar-refractivity contribution is 7.19. The van der Waals surface area contributed by atoms with E-state index in [1.165, 1.54) is 46.3 Å². The Bertz CT molecular complexity index is 772. The van der Waals surface area contributed by atoms with E-state index in [2.05, 4.69) is 4.90 Å². The predicted octanol–water partition coefficient (Wildman–Crippen LogP) is 3.22. The number of aromatic nitrogens is 2. The van der Waals surface area contributed by atoms with Crippen LogP contribution in [-0.4, -0.2) is 42.1 Å². The van der Waals surface area contributed by atoms with Crippen molar-refractivity contribution in [2.45, 2.75) is 51.2 Å². The fourth-order valence-corrected chi connectivity index (χ4v) is 5.62. The molecule has 4 heterocycles. The highest BCUT2D eigenvalue weighted by atomic mass is 32.1. The topological polar surface area (TPSA) is 47.5 Å². The summed E-state index contributed by atoms with van der Waals surface area (Å²) in [5.41, 5.74) is 1.52. The van der Waals surface area contributed by atoms with Crippen LogP contribution in [0.1, 0.15) is 41.9 Å². The van der Waals surface area contributed by atoms with E-state index < -0.39 is 0 Å². The Morgan fingerprint density at radius 1 is 1.04 bits per heavy atom. The lowest BCUT2D eigenvalue weighted by Crippen LogP contribution is -2.45. The van der Waals surface area contributed by atoms with Gasteiger partial charge < -0.3 is 14.4 Å². The van der Waals surface area contributed by atoms with Gasteiger partial charge in [-0.25, -0.2) is 9.97 Å². The monoisotopic (exact) mass is 345 g/mol. The van der Waals surface area contributed by atoms with E-state index in [1.807, 2.05) is 18.3 Å². The lowest BCUT2D eigenvalue weighted by Gasteiger charge is -2.38. The number of thiophene rings is 1. The molecule has 1 spiro atoms. The quantitative estimate of drug-likeness (QED) is 0.794. The van der Waals surface area contributed by atoms with Crippen molar-refractivity contribution in [1.82, 2.24) is 9.97 Å². The average Bonchev–Trinajstić information content (AvgIpc) is 3.19. The summed E-state index contributed by atoms with van der Waals surface area (Å²) in [6.45, 7) is 5.35. The zero-order valence-corrected chi connectivity index (χ0v) is 15.0. The van der Waals surface area contributed by atoms with Crippen molar-refractivity contribution in [3.05, 3.63) is 16.3 Å². The highest BCUT2D eigenvalue weighted by Crippen LogP contribution is 2.41. The second-order valence-corrected chi connectivity index (χ2v) is 8.16. The maximum Gasteiger partial charge on any atom is 0.171 e. The van der Waals surface area contributed by atoms with Crippen LogP contribution in [0.25, 0.3) is 10.2 Å². The summed E-state index contributed by atoms with van der Waals surface area (Å²) in [6, 6.07) is 0. The second-order valence-electron chi connectivity index (χ2n) is 7.08. The minimum Gasteiger partial charge on any atom is -0.356 e.